The summed E-state index contributed by atoms with van der Waals surface area (Å²) in [5.41, 5.74) is 4.36. The predicted octanol–water partition coefficient (Wildman–Crippen LogP) is 3.12. The van der Waals surface area contributed by atoms with Crippen molar-refractivity contribution in [3.63, 3.8) is 0 Å². The van der Waals surface area contributed by atoms with E-state index in [-0.39, 0.29) is 0 Å². The van der Waals surface area contributed by atoms with E-state index in [1.807, 2.05) is 5.51 Å². The zero-order valence-electron chi connectivity index (χ0n) is 11.8. The van der Waals surface area contributed by atoms with Gasteiger partial charge in [-0.3, -0.25) is 0 Å². The van der Waals surface area contributed by atoms with E-state index in [4.69, 9.17) is 0 Å². The molecule has 1 fully saturated rings. The molecule has 102 valence electrons. The van der Waals surface area contributed by atoms with Crippen LogP contribution in [-0.4, -0.2) is 30.2 Å². The lowest BCUT2D eigenvalue weighted by molar-refractivity contribution is 0.337. The van der Waals surface area contributed by atoms with Crippen molar-refractivity contribution >= 4 is 27.2 Å². The average molecular weight is 275 g/mol. The fraction of sp³-hybridized carbons (Fsp3) is 0.533. The Bertz CT molecular complexity index is 563. The highest BCUT2D eigenvalue weighted by Gasteiger charge is 2.26. The molecule has 1 saturated heterocycles. The number of nitrogens with zero attached hydrogens (tertiary/aromatic N) is 2. The van der Waals surface area contributed by atoms with Crippen LogP contribution in [0.4, 0.5) is 5.69 Å². The van der Waals surface area contributed by atoms with Crippen molar-refractivity contribution in [2.24, 2.45) is 5.92 Å². The molecule has 3 nitrogen and oxygen atoms in total. The van der Waals surface area contributed by atoms with Gasteiger partial charge in [0, 0.05) is 30.9 Å². The number of rotatable bonds is 2. The fourth-order valence-corrected chi connectivity index (χ4v) is 3.43. The summed E-state index contributed by atoms with van der Waals surface area (Å²) in [6.07, 6.45) is 0. The van der Waals surface area contributed by atoms with Gasteiger partial charge in [-0.2, -0.15) is 0 Å². The van der Waals surface area contributed by atoms with Gasteiger partial charge >= 0.3 is 0 Å². The molecule has 4 heteroatoms. The summed E-state index contributed by atoms with van der Waals surface area (Å²) >= 11 is 1.72. The van der Waals surface area contributed by atoms with Gasteiger partial charge < -0.3 is 10.2 Å². The van der Waals surface area contributed by atoms with Crippen molar-refractivity contribution in [1.82, 2.24) is 10.3 Å². The Labute approximate surface area is 118 Å². The van der Waals surface area contributed by atoms with E-state index in [9.17, 15) is 0 Å². The topological polar surface area (TPSA) is 28.2 Å². The molecule has 1 aromatic heterocycles. The number of piperazine rings is 1. The molecule has 0 radical (unpaired) electrons. The zero-order valence-corrected chi connectivity index (χ0v) is 12.6. The lowest BCUT2D eigenvalue weighted by atomic mass is 9.99. The largest absolute Gasteiger partial charge is 0.366 e. The third kappa shape index (κ3) is 2.47. The third-order valence-electron chi connectivity index (χ3n) is 4.05. The van der Waals surface area contributed by atoms with Crippen LogP contribution in [0.25, 0.3) is 10.2 Å². The van der Waals surface area contributed by atoms with E-state index in [2.05, 4.69) is 54.2 Å². The van der Waals surface area contributed by atoms with Crippen LogP contribution in [0.5, 0.6) is 0 Å². The third-order valence-corrected chi connectivity index (χ3v) is 4.84. The predicted molar refractivity (Wildman–Crippen MR) is 83.1 cm³/mol. The van der Waals surface area contributed by atoms with Crippen LogP contribution in [0.3, 0.4) is 0 Å². The Morgan fingerprint density at radius 2 is 2.26 bits per heavy atom. The van der Waals surface area contributed by atoms with Crippen LogP contribution in [0.2, 0.25) is 0 Å². The quantitative estimate of drug-likeness (QED) is 0.912. The molecule has 0 bridgehead atoms. The molecular weight excluding hydrogens is 254 g/mol. The normalized spacial score (nSPS) is 24.3. The van der Waals surface area contributed by atoms with Gasteiger partial charge in [0.15, 0.2) is 0 Å². The van der Waals surface area contributed by atoms with Crippen molar-refractivity contribution in [3.8, 4) is 0 Å². The summed E-state index contributed by atoms with van der Waals surface area (Å²) in [7, 11) is 0. The number of benzene rings is 1. The lowest BCUT2D eigenvalue weighted by Gasteiger charge is -2.42. The van der Waals surface area contributed by atoms with Crippen molar-refractivity contribution in [3.05, 3.63) is 23.7 Å². The second-order valence-corrected chi connectivity index (χ2v) is 6.65. The summed E-state index contributed by atoms with van der Waals surface area (Å²) in [6.45, 7) is 9.02. The van der Waals surface area contributed by atoms with E-state index in [1.165, 1.54) is 10.4 Å². The highest BCUT2D eigenvalue weighted by molar-refractivity contribution is 7.16. The molecule has 0 spiro atoms. The first-order valence-corrected chi connectivity index (χ1v) is 7.86. The molecule has 1 aliphatic rings. The van der Waals surface area contributed by atoms with E-state index >= 15 is 0 Å². The minimum absolute atomic E-state index is 0.542. The van der Waals surface area contributed by atoms with E-state index in [0.29, 0.717) is 18.0 Å². The van der Waals surface area contributed by atoms with Gasteiger partial charge in [0.25, 0.3) is 0 Å². The molecule has 19 heavy (non-hydrogen) atoms. The molecule has 1 aromatic carbocycles. The number of anilines is 1. The molecule has 2 heterocycles. The number of nitrogens with one attached hydrogen (secondary N) is 1. The van der Waals surface area contributed by atoms with Gasteiger partial charge in [0.1, 0.15) is 0 Å². The van der Waals surface area contributed by atoms with Crippen molar-refractivity contribution in [2.45, 2.75) is 32.9 Å². The first-order valence-electron chi connectivity index (χ1n) is 6.98. The summed E-state index contributed by atoms with van der Waals surface area (Å²) in [6, 6.07) is 7.75. The lowest BCUT2D eigenvalue weighted by Crippen LogP contribution is -2.57. The number of fused-ring (bicyclic) bond motifs is 1. The number of hydrogen-bond acceptors (Lipinski definition) is 4. The molecule has 0 amide bonds. The highest BCUT2D eigenvalue weighted by Crippen LogP contribution is 2.27. The zero-order chi connectivity index (χ0) is 13.4. The Balaban J connectivity index is 1.89. The number of hydrogen-bond donors (Lipinski definition) is 1. The van der Waals surface area contributed by atoms with Crippen molar-refractivity contribution < 1.29 is 0 Å². The van der Waals surface area contributed by atoms with Gasteiger partial charge in [0.2, 0.25) is 0 Å². The van der Waals surface area contributed by atoms with Gasteiger partial charge in [-0.25, -0.2) is 4.98 Å². The van der Waals surface area contributed by atoms with Crippen LogP contribution in [-0.2, 0) is 0 Å². The molecule has 1 N–H and O–H groups in total. The van der Waals surface area contributed by atoms with Crippen LogP contribution in [0.1, 0.15) is 20.8 Å². The molecule has 2 atom stereocenters. The summed E-state index contributed by atoms with van der Waals surface area (Å²) in [4.78, 5) is 6.88. The Kier molecular flexibility index (Phi) is 3.46. The van der Waals surface area contributed by atoms with Crippen LogP contribution in [0, 0.1) is 5.92 Å². The fourth-order valence-electron chi connectivity index (χ4n) is 2.72. The van der Waals surface area contributed by atoms with Crippen molar-refractivity contribution in [2.75, 3.05) is 18.0 Å². The second kappa shape index (κ2) is 5.10. The highest BCUT2D eigenvalue weighted by atomic mass is 32.1. The molecule has 1 aliphatic heterocycles. The molecule has 3 rings (SSSR count). The first-order chi connectivity index (χ1) is 9.15. The van der Waals surface area contributed by atoms with Gasteiger partial charge in [-0.1, -0.05) is 13.8 Å². The van der Waals surface area contributed by atoms with E-state index < -0.39 is 0 Å². The van der Waals surface area contributed by atoms with E-state index in [1.54, 1.807) is 11.3 Å². The van der Waals surface area contributed by atoms with Gasteiger partial charge in [-0.15, -0.1) is 11.3 Å². The van der Waals surface area contributed by atoms with Crippen LogP contribution >= 0.6 is 11.3 Å². The minimum atomic E-state index is 0.542. The minimum Gasteiger partial charge on any atom is -0.366 e. The Morgan fingerprint density at radius 1 is 1.42 bits per heavy atom. The Hall–Kier alpha value is -1.13. The maximum Gasteiger partial charge on any atom is 0.0813 e. The average Bonchev–Trinajstić information content (AvgIpc) is 2.86. The van der Waals surface area contributed by atoms with Crippen LogP contribution < -0.4 is 10.2 Å². The van der Waals surface area contributed by atoms with Crippen LogP contribution in [0.15, 0.2) is 23.7 Å². The Morgan fingerprint density at radius 3 is 3.05 bits per heavy atom. The SMILES string of the molecule is CC(C)C1CN(c2ccc3ncsc3c2)C(C)CN1. The van der Waals surface area contributed by atoms with Crippen molar-refractivity contribution in [1.29, 1.82) is 0 Å². The second-order valence-electron chi connectivity index (χ2n) is 5.76. The van der Waals surface area contributed by atoms with E-state index in [0.717, 1.165) is 18.6 Å². The standard InChI is InChI=1S/C15H21N3S/c1-10(2)14-8-18(11(3)7-16-14)12-4-5-13-15(6-12)19-9-17-13/h4-6,9-11,14,16H,7-8H2,1-3H3. The summed E-state index contributed by atoms with van der Waals surface area (Å²) in [5, 5.41) is 3.65. The number of thiazole rings is 1. The molecule has 0 aliphatic carbocycles. The smallest absolute Gasteiger partial charge is 0.0813 e. The monoisotopic (exact) mass is 275 g/mol. The molecule has 2 aromatic rings. The molecule has 2 unspecified atom stereocenters. The molecular formula is C15H21N3S. The molecule has 0 saturated carbocycles. The first kappa shape index (κ1) is 12.9. The van der Waals surface area contributed by atoms with Gasteiger partial charge in [0.05, 0.1) is 15.7 Å². The summed E-state index contributed by atoms with van der Waals surface area (Å²) in [5.74, 6) is 0.669. The maximum atomic E-state index is 4.35. The maximum absolute atomic E-state index is 4.35. The van der Waals surface area contributed by atoms with Gasteiger partial charge in [-0.05, 0) is 31.0 Å². The number of aromatic nitrogens is 1. The summed E-state index contributed by atoms with van der Waals surface area (Å²) < 4.78 is 1.28.